The van der Waals surface area contributed by atoms with Crippen LogP contribution in [0.1, 0.15) is 11.4 Å². The van der Waals surface area contributed by atoms with E-state index in [1.54, 1.807) is 17.6 Å². The lowest BCUT2D eigenvalue weighted by Gasteiger charge is -2.05. The quantitative estimate of drug-likeness (QED) is 0.609. The van der Waals surface area contributed by atoms with E-state index in [1.807, 2.05) is 12.1 Å². The molecule has 2 aromatic heterocycles. The van der Waals surface area contributed by atoms with Gasteiger partial charge in [-0.2, -0.15) is 0 Å². The molecule has 0 saturated heterocycles. The number of hydrogen-bond donors (Lipinski definition) is 2. The van der Waals surface area contributed by atoms with Gasteiger partial charge in [0.25, 0.3) is 10.0 Å². The van der Waals surface area contributed by atoms with Gasteiger partial charge < -0.3 is 5.32 Å². The number of nitrogens with zero attached hydrogens (tertiary/aromatic N) is 2. The number of hydrogen-bond acceptors (Lipinski definition) is 6. The van der Waals surface area contributed by atoms with Gasteiger partial charge in [0.2, 0.25) is 5.91 Å². The molecule has 3 aromatic rings. The number of thiazole rings is 1. The maximum absolute atomic E-state index is 12.3. The largest absolute Gasteiger partial charge is 0.350 e. The average molecular weight is 423 g/mol. The summed E-state index contributed by atoms with van der Waals surface area (Å²) in [4.78, 5) is 20.4. The highest BCUT2D eigenvalue weighted by Crippen LogP contribution is 2.21. The number of aromatic nitrogens is 2. The lowest BCUT2D eigenvalue weighted by atomic mass is 10.3. The molecular formula is C17H15ClN4O3S2. The monoisotopic (exact) mass is 422 g/mol. The van der Waals surface area contributed by atoms with Crippen molar-refractivity contribution in [3.05, 3.63) is 70.5 Å². The Morgan fingerprint density at radius 2 is 1.89 bits per heavy atom. The van der Waals surface area contributed by atoms with Crippen LogP contribution in [0.3, 0.4) is 0 Å². The van der Waals surface area contributed by atoms with E-state index in [1.165, 1.54) is 24.3 Å². The van der Waals surface area contributed by atoms with E-state index in [4.69, 9.17) is 11.6 Å². The summed E-state index contributed by atoms with van der Waals surface area (Å²) in [6.45, 7) is 0.319. The van der Waals surface area contributed by atoms with Crippen LogP contribution >= 0.6 is 22.9 Å². The minimum absolute atomic E-state index is 0.0476. The number of nitrogens with one attached hydrogen (secondary N) is 2. The maximum Gasteiger partial charge on any atom is 0.263 e. The fraction of sp³-hybridized carbons (Fsp3) is 0.118. The second-order valence-electron chi connectivity index (χ2n) is 5.48. The minimum atomic E-state index is -3.76. The van der Waals surface area contributed by atoms with Gasteiger partial charge in [-0.05, 0) is 36.4 Å². The molecule has 140 valence electrons. The summed E-state index contributed by atoms with van der Waals surface area (Å²) in [6.07, 6.45) is 1.70. The first-order valence-corrected chi connectivity index (χ1v) is 10.6. The highest BCUT2D eigenvalue weighted by molar-refractivity contribution is 7.93. The van der Waals surface area contributed by atoms with Crippen molar-refractivity contribution >= 4 is 44.0 Å². The number of benzene rings is 1. The number of pyridine rings is 1. The first-order chi connectivity index (χ1) is 12.9. The molecule has 2 N–H and O–H groups in total. The summed E-state index contributed by atoms with van der Waals surface area (Å²) in [7, 11) is -3.76. The van der Waals surface area contributed by atoms with Crippen molar-refractivity contribution < 1.29 is 13.2 Å². The Morgan fingerprint density at radius 1 is 1.11 bits per heavy atom. The van der Waals surface area contributed by atoms with E-state index in [2.05, 4.69) is 20.0 Å². The van der Waals surface area contributed by atoms with Gasteiger partial charge in [-0.3, -0.25) is 14.5 Å². The Labute approximate surface area is 165 Å². The third kappa shape index (κ3) is 5.49. The van der Waals surface area contributed by atoms with Gasteiger partial charge in [0.1, 0.15) is 0 Å². The fourth-order valence-electron chi connectivity index (χ4n) is 2.14. The molecule has 0 aliphatic rings. The smallest absolute Gasteiger partial charge is 0.263 e. The highest BCUT2D eigenvalue weighted by Gasteiger charge is 2.16. The van der Waals surface area contributed by atoms with Crippen LogP contribution in [0.25, 0.3) is 0 Å². The van der Waals surface area contributed by atoms with Crippen molar-refractivity contribution in [2.45, 2.75) is 17.9 Å². The number of anilines is 1. The van der Waals surface area contributed by atoms with Crippen molar-refractivity contribution in [3.8, 4) is 0 Å². The molecule has 1 amide bonds. The molecule has 3 rings (SSSR count). The zero-order valence-electron chi connectivity index (χ0n) is 13.9. The number of carbonyl (C=O) groups excluding carboxylic acids is 1. The van der Waals surface area contributed by atoms with Crippen LogP contribution in [0.15, 0.2) is 58.9 Å². The Hall–Kier alpha value is -2.49. The fourth-order valence-corrected chi connectivity index (χ4v) is 4.23. The SMILES string of the molecule is O=C(Cc1csc(NS(=O)(=O)c2ccc(Cl)cc2)n1)NCc1ccccn1. The van der Waals surface area contributed by atoms with E-state index in [0.717, 1.165) is 17.0 Å². The summed E-state index contributed by atoms with van der Waals surface area (Å²) in [5.41, 5.74) is 1.23. The Bertz CT molecular complexity index is 1020. The number of rotatable bonds is 7. The van der Waals surface area contributed by atoms with Gasteiger partial charge in [-0.25, -0.2) is 13.4 Å². The molecule has 10 heteroatoms. The van der Waals surface area contributed by atoms with Gasteiger partial charge in [0, 0.05) is 16.6 Å². The standard InChI is InChI=1S/C17H15ClN4O3S2/c18-12-4-6-15(7-5-12)27(24,25)22-17-21-14(11-26-17)9-16(23)20-10-13-3-1-2-8-19-13/h1-8,11H,9-10H2,(H,20,23)(H,21,22). The van der Waals surface area contributed by atoms with Crippen molar-refractivity contribution in [2.75, 3.05) is 4.72 Å². The first-order valence-electron chi connectivity index (χ1n) is 7.82. The topological polar surface area (TPSA) is 101 Å². The summed E-state index contributed by atoms with van der Waals surface area (Å²) < 4.78 is 27.1. The van der Waals surface area contributed by atoms with Crippen molar-refractivity contribution in [2.24, 2.45) is 0 Å². The molecule has 0 aliphatic heterocycles. The van der Waals surface area contributed by atoms with E-state index in [9.17, 15) is 13.2 Å². The van der Waals surface area contributed by atoms with Crippen molar-refractivity contribution in [1.29, 1.82) is 0 Å². The molecule has 27 heavy (non-hydrogen) atoms. The Balaban J connectivity index is 1.58. The van der Waals surface area contributed by atoms with E-state index >= 15 is 0 Å². The zero-order valence-corrected chi connectivity index (χ0v) is 16.3. The summed E-state index contributed by atoms with van der Waals surface area (Å²) in [6, 6.07) is 11.3. The van der Waals surface area contributed by atoms with Gasteiger partial charge >= 0.3 is 0 Å². The normalized spacial score (nSPS) is 11.1. The Kier molecular flexibility index (Phi) is 6.04. The molecule has 0 atom stereocenters. The lowest BCUT2D eigenvalue weighted by molar-refractivity contribution is -0.120. The predicted molar refractivity (Wildman–Crippen MR) is 104 cm³/mol. The molecule has 1 aromatic carbocycles. The second kappa shape index (κ2) is 8.47. The highest BCUT2D eigenvalue weighted by atomic mass is 35.5. The van der Waals surface area contributed by atoms with Gasteiger partial charge in [-0.1, -0.05) is 17.7 Å². The maximum atomic E-state index is 12.3. The van der Waals surface area contributed by atoms with Crippen LogP contribution in [0, 0.1) is 0 Å². The van der Waals surface area contributed by atoms with Crippen LogP contribution in [-0.2, 0) is 27.8 Å². The Morgan fingerprint density at radius 3 is 2.59 bits per heavy atom. The third-order valence-corrected chi connectivity index (χ3v) is 5.97. The summed E-state index contributed by atoms with van der Waals surface area (Å²) in [5, 5.41) is 5.03. The molecular weight excluding hydrogens is 408 g/mol. The van der Waals surface area contributed by atoms with E-state index in [0.29, 0.717) is 17.3 Å². The minimum Gasteiger partial charge on any atom is -0.350 e. The lowest BCUT2D eigenvalue weighted by Crippen LogP contribution is -2.25. The molecule has 7 nitrogen and oxygen atoms in total. The molecule has 0 bridgehead atoms. The number of amides is 1. The number of sulfonamides is 1. The van der Waals surface area contributed by atoms with Crippen LogP contribution in [-0.4, -0.2) is 24.3 Å². The zero-order chi connectivity index (χ0) is 19.3. The molecule has 0 spiro atoms. The van der Waals surface area contributed by atoms with Crippen molar-refractivity contribution in [1.82, 2.24) is 15.3 Å². The van der Waals surface area contributed by atoms with E-state index < -0.39 is 10.0 Å². The third-order valence-electron chi connectivity index (χ3n) is 3.43. The predicted octanol–water partition coefficient (Wildman–Crippen LogP) is 2.85. The van der Waals surface area contributed by atoms with Crippen molar-refractivity contribution in [3.63, 3.8) is 0 Å². The molecule has 0 radical (unpaired) electrons. The molecule has 2 heterocycles. The van der Waals surface area contributed by atoms with Gasteiger partial charge in [-0.15, -0.1) is 11.3 Å². The molecule has 0 fully saturated rings. The first kappa shape index (κ1) is 19.3. The second-order valence-corrected chi connectivity index (χ2v) is 8.45. The van der Waals surface area contributed by atoms with Crippen LogP contribution in [0.5, 0.6) is 0 Å². The summed E-state index contributed by atoms with van der Waals surface area (Å²) >= 11 is 6.88. The molecule has 0 aliphatic carbocycles. The van der Waals surface area contributed by atoms with Crippen LogP contribution in [0.4, 0.5) is 5.13 Å². The number of halogens is 1. The number of carbonyl (C=O) groups is 1. The van der Waals surface area contributed by atoms with Crippen LogP contribution in [0.2, 0.25) is 5.02 Å². The van der Waals surface area contributed by atoms with E-state index in [-0.39, 0.29) is 22.4 Å². The van der Waals surface area contributed by atoms with Gasteiger partial charge in [0.15, 0.2) is 5.13 Å². The average Bonchev–Trinajstić information content (AvgIpc) is 3.07. The molecule has 0 saturated carbocycles. The molecule has 0 unspecified atom stereocenters. The summed E-state index contributed by atoms with van der Waals surface area (Å²) in [5.74, 6) is -0.224. The van der Waals surface area contributed by atoms with Gasteiger partial charge in [0.05, 0.1) is 29.2 Å². The van der Waals surface area contributed by atoms with Crippen LogP contribution < -0.4 is 10.0 Å².